The molecule has 1 unspecified atom stereocenters. The van der Waals surface area contributed by atoms with E-state index in [2.05, 4.69) is 4.90 Å². The van der Waals surface area contributed by atoms with E-state index in [0.29, 0.717) is 31.7 Å². The maximum atomic E-state index is 13.8. The van der Waals surface area contributed by atoms with Crippen molar-refractivity contribution in [2.75, 3.05) is 51.8 Å². The number of halogens is 1. The summed E-state index contributed by atoms with van der Waals surface area (Å²) in [6.07, 6.45) is 0. The van der Waals surface area contributed by atoms with Crippen LogP contribution >= 0.6 is 0 Å². The number of nitrogens with one attached hydrogen (secondary N) is 1. The number of quaternary nitrogens is 1. The number of piperazine rings is 1. The number of hydrogen-bond donors (Lipinski definition) is 1. The fraction of sp³-hybridized carbons (Fsp3) is 0.381. The molecule has 1 aliphatic heterocycles. The highest BCUT2D eigenvalue weighted by Gasteiger charge is 2.23. The molecule has 0 radical (unpaired) electrons. The maximum Gasteiger partial charge on any atom is 0.277 e. The van der Waals surface area contributed by atoms with E-state index in [0.717, 1.165) is 29.4 Å². The Labute approximate surface area is 159 Å². The summed E-state index contributed by atoms with van der Waals surface area (Å²) in [6, 6.07) is 14.7. The van der Waals surface area contributed by atoms with Crippen molar-refractivity contribution in [2.24, 2.45) is 0 Å². The van der Waals surface area contributed by atoms with E-state index in [9.17, 15) is 9.18 Å². The molecule has 1 fully saturated rings. The van der Waals surface area contributed by atoms with Crippen LogP contribution in [0.3, 0.4) is 0 Å². The van der Waals surface area contributed by atoms with Crippen LogP contribution in [0.5, 0.6) is 5.75 Å². The Kier molecular flexibility index (Phi) is 6.29. The monoisotopic (exact) mass is 372 g/mol. The van der Waals surface area contributed by atoms with Crippen molar-refractivity contribution in [2.45, 2.75) is 6.54 Å². The molecule has 1 aliphatic rings. The van der Waals surface area contributed by atoms with Crippen molar-refractivity contribution in [3.63, 3.8) is 0 Å². The van der Waals surface area contributed by atoms with E-state index in [4.69, 9.17) is 4.74 Å². The number of carbonyl (C=O) groups is 1. The highest BCUT2D eigenvalue weighted by Crippen LogP contribution is 2.20. The first kappa shape index (κ1) is 19.2. The highest BCUT2D eigenvalue weighted by atomic mass is 19.1. The molecule has 1 saturated heterocycles. The van der Waals surface area contributed by atoms with Crippen LogP contribution in [0.25, 0.3) is 0 Å². The normalized spacial score (nSPS) is 15.5. The minimum atomic E-state index is -0.211. The smallest absolute Gasteiger partial charge is 0.277 e. The fourth-order valence-electron chi connectivity index (χ4n) is 3.41. The van der Waals surface area contributed by atoms with Gasteiger partial charge in [0.2, 0.25) is 0 Å². The molecule has 1 amide bonds. The van der Waals surface area contributed by atoms with Crippen molar-refractivity contribution >= 4 is 11.6 Å². The molecule has 0 aliphatic carbocycles. The summed E-state index contributed by atoms with van der Waals surface area (Å²) in [4.78, 5) is 17.8. The van der Waals surface area contributed by atoms with Crippen LogP contribution in [0.4, 0.5) is 10.1 Å². The number of anilines is 1. The summed E-state index contributed by atoms with van der Waals surface area (Å²) in [6.45, 7) is 3.91. The third-order valence-corrected chi connectivity index (χ3v) is 4.97. The van der Waals surface area contributed by atoms with Crippen molar-refractivity contribution in [3.05, 3.63) is 59.9 Å². The number of carbonyl (C=O) groups excluding carboxylic acids is 1. The second kappa shape index (κ2) is 8.86. The molecule has 1 atom stereocenters. The van der Waals surface area contributed by atoms with E-state index in [1.54, 1.807) is 19.2 Å². The van der Waals surface area contributed by atoms with E-state index >= 15 is 0 Å². The molecule has 0 aromatic heterocycles. The van der Waals surface area contributed by atoms with Crippen LogP contribution in [-0.2, 0) is 11.3 Å². The first-order chi connectivity index (χ1) is 13.1. The maximum absolute atomic E-state index is 13.8. The predicted octanol–water partition coefficient (Wildman–Crippen LogP) is 1.20. The van der Waals surface area contributed by atoms with Gasteiger partial charge in [-0.15, -0.1) is 0 Å². The van der Waals surface area contributed by atoms with Gasteiger partial charge in [-0.1, -0.05) is 18.2 Å². The van der Waals surface area contributed by atoms with E-state index in [1.165, 1.54) is 6.07 Å². The van der Waals surface area contributed by atoms with Gasteiger partial charge in [-0.2, -0.15) is 0 Å². The topological polar surface area (TPSA) is 37.2 Å². The van der Waals surface area contributed by atoms with Crippen LogP contribution in [-0.4, -0.2) is 57.7 Å². The fourth-order valence-corrected chi connectivity index (χ4v) is 3.41. The number of benzene rings is 2. The lowest BCUT2D eigenvalue weighted by molar-refractivity contribution is -0.885. The second-order valence-corrected chi connectivity index (χ2v) is 6.97. The lowest BCUT2D eigenvalue weighted by Crippen LogP contribution is -3.09. The van der Waals surface area contributed by atoms with Crippen LogP contribution in [0, 0.1) is 5.82 Å². The lowest BCUT2D eigenvalue weighted by atomic mass is 10.2. The van der Waals surface area contributed by atoms with Gasteiger partial charge in [0.1, 0.15) is 18.1 Å². The van der Waals surface area contributed by atoms with Crippen LogP contribution < -0.4 is 14.5 Å². The van der Waals surface area contributed by atoms with Gasteiger partial charge in [0, 0.05) is 37.4 Å². The molecule has 2 aromatic carbocycles. The van der Waals surface area contributed by atoms with Gasteiger partial charge in [0.05, 0.1) is 14.2 Å². The molecule has 1 N–H and O–H groups in total. The van der Waals surface area contributed by atoms with Gasteiger partial charge in [0.25, 0.3) is 5.91 Å². The first-order valence-corrected chi connectivity index (χ1v) is 9.28. The summed E-state index contributed by atoms with van der Waals surface area (Å²) in [7, 11) is 3.59. The van der Waals surface area contributed by atoms with Crippen molar-refractivity contribution in [1.82, 2.24) is 4.90 Å². The van der Waals surface area contributed by atoms with Gasteiger partial charge < -0.3 is 19.4 Å². The summed E-state index contributed by atoms with van der Waals surface area (Å²) in [5.41, 5.74) is 1.79. The molecule has 2 aromatic rings. The Hall–Kier alpha value is -2.60. The summed E-state index contributed by atoms with van der Waals surface area (Å²) in [5.74, 6) is 0.754. The number of hydrogen-bond acceptors (Lipinski definition) is 3. The second-order valence-electron chi connectivity index (χ2n) is 6.97. The standard InChI is InChI=1S/C21H26FN3O2/c1-23(15-17-5-3-4-6-20(17)22)16-21(26)25-13-11-24(12-14-25)18-7-9-19(27-2)10-8-18/h3-10H,11-16H2,1-2H3/p+1. The Morgan fingerprint density at radius 2 is 1.74 bits per heavy atom. The van der Waals surface area contributed by atoms with E-state index in [1.807, 2.05) is 42.3 Å². The number of ether oxygens (including phenoxy) is 1. The van der Waals surface area contributed by atoms with Crippen molar-refractivity contribution < 1.29 is 18.8 Å². The minimum Gasteiger partial charge on any atom is -0.497 e. The first-order valence-electron chi connectivity index (χ1n) is 9.28. The zero-order chi connectivity index (χ0) is 19.2. The molecular formula is C21H27FN3O2+. The van der Waals surface area contributed by atoms with Gasteiger partial charge in [0.15, 0.2) is 6.54 Å². The molecule has 0 spiro atoms. The molecule has 0 saturated carbocycles. The Balaban J connectivity index is 1.48. The molecule has 1 heterocycles. The molecule has 3 rings (SSSR count). The molecule has 144 valence electrons. The largest absolute Gasteiger partial charge is 0.497 e. The minimum absolute atomic E-state index is 0.123. The third-order valence-electron chi connectivity index (χ3n) is 4.97. The quantitative estimate of drug-likeness (QED) is 0.828. The van der Waals surface area contributed by atoms with Gasteiger partial charge in [-0.05, 0) is 30.3 Å². The predicted molar refractivity (Wildman–Crippen MR) is 104 cm³/mol. The van der Waals surface area contributed by atoms with Gasteiger partial charge >= 0.3 is 0 Å². The molecule has 6 heteroatoms. The number of likely N-dealkylation sites (N-methyl/N-ethyl adjacent to an activating group) is 1. The Morgan fingerprint density at radius 3 is 2.37 bits per heavy atom. The number of nitrogens with zero attached hydrogens (tertiary/aromatic N) is 2. The molecule has 5 nitrogen and oxygen atoms in total. The lowest BCUT2D eigenvalue weighted by Gasteiger charge is -2.36. The zero-order valence-electron chi connectivity index (χ0n) is 16.0. The number of methoxy groups -OCH3 is 1. The SMILES string of the molecule is COc1ccc(N2CCN(C(=O)C[NH+](C)Cc3ccccc3F)CC2)cc1. The zero-order valence-corrected chi connectivity index (χ0v) is 16.0. The van der Waals surface area contributed by atoms with Crippen molar-refractivity contribution in [3.8, 4) is 5.75 Å². The molecular weight excluding hydrogens is 345 g/mol. The van der Waals surface area contributed by atoms with Gasteiger partial charge in [-0.3, -0.25) is 4.79 Å². The van der Waals surface area contributed by atoms with Crippen LogP contribution in [0.15, 0.2) is 48.5 Å². The summed E-state index contributed by atoms with van der Waals surface area (Å²) in [5, 5.41) is 0. The molecule has 27 heavy (non-hydrogen) atoms. The van der Waals surface area contributed by atoms with Crippen molar-refractivity contribution in [1.29, 1.82) is 0 Å². The summed E-state index contributed by atoms with van der Waals surface area (Å²) >= 11 is 0. The summed E-state index contributed by atoms with van der Waals surface area (Å²) < 4.78 is 19.0. The number of rotatable bonds is 6. The van der Waals surface area contributed by atoms with E-state index < -0.39 is 0 Å². The van der Waals surface area contributed by atoms with Gasteiger partial charge in [-0.25, -0.2) is 4.39 Å². The highest BCUT2D eigenvalue weighted by molar-refractivity contribution is 5.77. The Morgan fingerprint density at radius 1 is 1.07 bits per heavy atom. The molecule has 0 bridgehead atoms. The average molecular weight is 372 g/mol. The third kappa shape index (κ3) is 4.98. The van der Waals surface area contributed by atoms with E-state index in [-0.39, 0.29) is 11.7 Å². The number of amides is 1. The average Bonchev–Trinajstić information content (AvgIpc) is 2.70. The van der Waals surface area contributed by atoms with Crippen LogP contribution in [0.2, 0.25) is 0 Å². The van der Waals surface area contributed by atoms with Crippen LogP contribution in [0.1, 0.15) is 5.56 Å². The Bertz CT molecular complexity index is 758.